The van der Waals surface area contributed by atoms with Gasteiger partial charge in [0.2, 0.25) is 5.91 Å². The first-order chi connectivity index (χ1) is 10.1. The minimum Gasteiger partial charge on any atom is -0.478 e. The van der Waals surface area contributed by atoms with Crippen LogP contribution in [0.4, 0.5) is 5.69 Å². The number of hydrogen-bond acceptors (Lipinski definition) is 2. The molecule has 1 aliphatic carbocycles. The number of rotatable bonds is 3. The second-order valence-electron chi connectivity index (χ2n) is 4.94. The van der Waals surface area contributed by atoms with E-state index in [9.17, 15) is 9.59 Å². The topological polar surface area (TPSA) is 66.4 Å². The molecule has 1 atom stereocenters. The molecule has 0 saturated carbocycles. The van der Waals surface area contributed by atoms with E-state index in [1.54, 1.807) is 6.07 Å². The van der Waals surface area contributed by atoms with Crippen molar-refractivity contribution in [2.24, 2.45) is 0 Å². The number of carbonyl (C=O) groups excluding carboxylic acids is 1. The first-order valence-electron chi connectivity index (χ1n) is 6.48. The summed E-state index contributed by atoms with van der Waals surface area (Å²) in [6, 6.07) is 12.2. The summed E-state index contributed by atoms with van der Waals surface area (Å²) in [4.78, 5) is 23.3. The third-order valence-corrected chi connectivity index (χ3v) is 3.96. The smallest absolute Gasteiger partial charge is 0.337 e. The van der Waals surface area contributed by atoms with Gasteiger partial charge in [0.1, 0.15) is 0 Å². The molecule has 0 heterocycles. The molecule has 2 aromatic carbocycles. The van der Waals surface area contributed by atoms with Crippen LogP contribution >= 0.6 is 11.6 Å². The number of carboxylic acids is 1. The average molecular weight is 302 g/mol. The highest BCUT2D eigenvalue weighted by molar-refractivity contribution is 6.33. The van der Waals surface area contributed by atoms with Gasteiger partial charge in [-0.15, -0.1) is 0 Å². The Morgan fingerprint density at radius 1 is 1.19 bits per heavy atom. The number of fused-ring (bicyclic) bond motifs is 1. The largest absolute Gasteiger partial charge is 0.478 e. The van der Waals surface area contributed by atoms with Gasteiger partial charge in [-0.1, -0.05) is 35.9 Å². The molecular formula is C16H12ClNO3. The van der Waals surface area contributed by atoms with Crippen LogP contribution in [0.5, 0.6) is 0 Å². The third-order valence-electron chi connectivity index (χ3n) is 3.64. The van der Waals surface area contributed by atoms with Crippen molar-refractivity contribution in [2.45, 2.75) is 12.3 Å². The molecule has 0 fully saturated rings. The maximum Gasteiger partial charge on any atom is 0.337 e. The minimum atomic E-state index is -1.12. The van der Waals surface area contributed by atoms with Crippen LogP contribution < -0.4 is 5.32 Å². The van der Waals surface area contributed by atoms with Gasteiger partial charge in [0.15, 0.2) is 0 Å². The molecule has 2 aromatic rings. The molecule has 0 aliphatic heterocycles. The van der Waals surface area contributed by atoms with Crippen LogP contribution in [0.2, 0.25) is 5.02 Å². The van der Waals surface area contributed by atoms with Crippen molar-refractivity contribution in [3.05, 3.63) is 64.2 Å². The zero-order valence-corrected chi connectivity index (χ0v) is 11.7. The van der Waals surface area contributed by atoms with Crippen molar-refractivity contribution < 1.29 is 14.7 Å². The van der Waals surface area contributed by atoms with Crippen molar-refractivity contribution in [3.63, 3.8) is 0 Å². The van der Waals surface area contributed by atoms with Crippen LogP contribution in [0.1, 0.15) is 27.4 Å². The van der Waals surface area contributed by atoms with Gasteiger partial charge in [0, 0.05) is 5.69 Å². The van der Waals surface area contributed by atoms with E-state index in [-0.39, 0.29) is 22.4 Å². The van der Waals surface area contributed by atoms with Crippen molar-refractivity contribution >= 4 is 29.2 Å². The van der Waals surface area contributed by atoms with Crippen LogP contribution in [0.15, 0.2) is 42.5 Å². The van der Waals surface area contributed by atoms with Gasteiger partial charge in [0.05, 0.1) is 16.5 Å². The zero-order chi connectivity index (χ0) is 15.0. The van der Waals surface area contributed by atoms with E-state index in [2.05, 4.69) is 5.32 Å². The Hall–Kier alpha value is -2.33. The summed E-state index contributed by atoms with van der Waals surface area (Å²) in [5.41, 5.74) is 2.62. The predicted octanol–water partition coefficient (Wildman–Crippen LogP) is 3.32. The van der Waals surface area contributed by atoms with Gasteiger partial charge < -0.3 is 10.4 Å². The summed E-state index contributed by atoms with van der Waals surface area (Å²) in [7, 11) is 0. The summed E-state index contributed by atoms with van der Waals surface area (Å²) in [6.07, 6.45) is 0.710. The number of anilines is 1. The quantitative estimate of drug-likeness (QED) is 0.914. The van der Waals surface area contributed by atoms with Crippen LogP contribution in [-0.2, 0) is 11.2 Å². The SMILES string of the molecule is O=C(O)c1cc(NC(=O)C2Cc3ccccc32)ccc1Cl. The number of aromatic carboxylic acids is 1. The van der Waals surface area contributed by atoms with E-state index in [0.29, 0.717) is 12.1 Å². The van der Waals surface area contributed by atoms with E-state index >= 15 is 0 Å². The third kappa shape index (κ3) is 2.50. The molecule has 1 unspecified atom stereocenters. The van der Waals surface area contributed by atoms with Gasteiger partial charge in [-0.05, 0) is 35.7 Å². The molecule has 3 rings (SSSR count). The highest BCUT2D eigenvalue weighted by Gasteiger charge is 2.31. The second-order valence-corrected chi connectivity index (χ2v) is 5.35. The summed E-state index contributed by atoms with van der Waals surface area (Å²) >= 11 is 5.80. The molecule has 1 aliphatic rings. The van der Waals surface area contributed by atoms with Crippen molar-refractivity contribution in [2.75, 3.05) is 5.32 Å². The number of benzene rings is 2. The summed E-state index contributed by atoms with van der Waals surface area (Å²) in [6.45, 7) is 0. The van der Waals surface area contributed by atoms with Crippen molar-refractivity contribution in [1.82, 2.24) is 0 Å². The first-order valence-corrected chi connectivity index (χ1v) is 6.85. The Morgan fingerprint density at radius 2 is 1.95 bits per heavy atom. The molecule has 1 amide bonds. The van der Waals surface area contributed by atoms with Gasteiger partial charge in [-0.3, -0.25) is 4.79 Å². The summed E-state index contributed by atoms with van der Waals surface area (Å²) in [5.74, 6) is -1.43. The zero-order valence-electron chi connectivity index (χ0n) is 11.0. The number of nitrogens with one attached hydrogen (secondary N) is 1. The van der Waals surface area contributed by atoms with E-state index in [4.69, 9.17) is 16.7 Å². The fourth-order valence-corrected chi connectivity index (χ4v) is 2.69. The number of carboxylic acid groups (broad SMARTS) is 1. The Labute approximate surface area is 126 Å². The van der Waals surface area contributed by atoms with E-state index in [0.717, 1.165) is 5.56 Å². The molecule has 0 aromatic heterocycles. The number of halogens is 1. The lowest BCUT2D eigenvalue weighted by Crippen LogP contribution is -2.30. The highest BCUT2D eigenvalue weighted by atomic mass is 35.5. The van der Waals surface area contributed by atoms with E-state index < -0.39 is 5.97 Å². The van der Waals surface area contributed by atoms with Gasteiger partial charge in [-0.25, -0.2) is 4.79 Å². The molecular weight excluding hydrogens is 290 g/mol. The van der Waals surface area contributed by atoms with Gasteiger partial charge in [0.25, 0.3) is 0 Å². The monoisotopic (exact) mass is 301 g/mol. The lowest BCUT2D eigenvalue weighted by atomic mass is 9.77. The standard InChI is InChI=1S/C16H12ClNO3/c17-14-6-5-10(8-13(14)16(20)21)18-15(19)12-7-9-3-1-2-4-11(9)12/h1-6,8,12H,7H2,(H,18,19)(H,20,21). The highest BCUT2D eigenvalue weighted by Crippen LogP contribution is 2.35. The maximum absolute atomic E-state index is 12.2. The normalized spacial score (nSPS) is 15.8. The average Bonchev–Trinajstić information content (AvgIpc) is 2.42. The molecule has 5 heteroatoms. The summed E-state index contributed by atoms with van der Waals surface area (Å²) < 4.78 is 0. The molecule has 106 valence electrons. The Kier molecular flexibility index (Phi) is 3.39. The fraction of sp³-hybridized carbons (Fsp3) is 0.125. The van der Waals surface area contributed by atoms with Crippen LogP contribution in [0.25, 0.3) is 0 Å². The fourth-order valence-electron chi connectivity index (χ4n) is 2.49. The molecule has 4 nitrogen and oxygen atoms in total. The Bertz CT molecular complexity index is 742. The molecule has 0 spiro atoms. The van der Waals surface area contributed by atoms with E-state index in [1.165, 1.54) is 17.7 Å². The number of carbonyl (C=O) groups is 2. The maximum atomic E-state index is 12.2. The molecule has 0 bridgehead atoms. The molecule has 0 saturated heterocycles. The van der Waals surface area contributed by atoms with Crippen molar-refractivity contribution in [1.29, 1.82) is 0 Å². The Morgan fingerprint density at radius 3 is 2.67 bits per heavy atom. The molecule has 2 N–H and O–H groups in total. The minimum absolute atomic E-state index is 0.0246. The van der Waals surface area contributed by atoms with Gasteiger partial charge >= 0.3 is 5.97 Å². The number of hydrogen-bond donors (Lipinski definition) is 2. The molecule has 0 radical (unpaired) electrons. The van der Waals surface area contributed by atoms with Crippen LogP contribution in [0, 0.1) is 0 Å². The van der Waals surface area contributed by atoms with Crippen molar-refractivity contribution in [3.8, 4) is 0 Å². The summed E-state index contributed by atoms with van der Waals surface area (Å²) in [5, 5.41) is 11.9. The van der Waals surface area contributed by atoms with E-state index in [1.807, 2.05) is 24.3 Å². The van der Waals surface area contributed by atoms with Crippen LogP contribution in [-0.4, -0.2) is 17.0 Å². The second kappa shape index (κ2) is 5.22. The number of amides is 1. The first kappa shape index (κ1) is 13.6. The molecule has 21 heavy (non-hydrogen) atoms. The van der Waals surface area contributed by atoms with Crippen LogP contribution in [0.3, 0.4) is 0 Å². The lowest BCUT2D eigenvalue weighted by molar-refractivity contribution is -0.118. The predicted molar refractivity (Wildman–Crippen MR) is 79.9 cm³/mol. The van der Waals surface area contributed by atoms with Gasteiger partial charge in [-0.2, -0.15) is 0 Å². The lowest BCUT2D eigenvalue weighted by Gasteiger charge is -2.28. The Balaban J connectivity index is 1.78.